The van der Waals surface area contributed by atoms with Gasteiger partial charge in [-0.3, -0.25) is 9.78 Å². The number of carbonyl (C=O) groups is 1. The summed E-state index contributed by atoms with van der Waals surface area (Å²) >= 11 is 0.663. The van der Waals surface area contributed by atoms with Gasteiger partial charge in [0, 0.05) is 23.8 Å². The van der Waals surface area contributed by atoms with E-state index in [-0.39, 0.29) is 13.2 Å². The largest absolute Gasteiger partial charge is 0.487 e. The molecule has 164 valence electrons. The molecule has 1 amide bonds. The number of aryl methyl sites for hydroxylation is 1. The highest BCUT2D eigenvalue weighted by atomic mass is 32.1. The van der Waals surface area contributed by atoms with Crippen LogP contribution in [0, 0.1) is 6.92 Å². The summed E-state index contributed by atoms with van der Waals surface area (Å²) in [6.07, 6.45) is -4.58. The molecule has 3 aromatic rings. The second-order valence-corrected chi connectivity index (χ2v) is 7.72. The first-order valence-electron chi connectivity index (χ1n) is 9.27. The summed E-state index contributed by atoms with van der Waals surface area (Å²) in [4.78, 5) is 20.1. The van der Waals surface area contributed by atoms with Gasteiger partial charge in [0.1, 0.15) is 17.4 Å². The van der Waals surface area contributed by atoms with Gasteiger partial charge in [0.15, 0.2) is 0 Å². The van der Waals surface area contributed by atoms with Crippen LogP contribution in [0.15, 0.2) is 54.0 Å². The number of rotatable bonds is 8. The van der Waals surface area contributed by atoms with Gasteiger partial charge in [-0.15, -0.1) is 11.3 Å². The van der Waals surface area contributed by atoms with Crippen LogP contribution in [0.5, 0.6) is 5.75 Å². The third kappa shape index (κ3) is 5.80. The van der Waals surface area contributed by atoms with Crippen LogP contribution in [0.1, 0.15) is 28.4 Å². The van der Waals surface area contributed by atoms with Crippen molar-refractivity contribution in [1.29, 1.82) is 0 Å². The van der Waals surface area contributed by atoms with Crippen LogP contribution >= 0.6 is 11.3 Å². The lowest BCUT2D eigenvalue weighted by Gasteiger charge is -2.27. The van der Waals surface area contributed by atoms with E-state index in [0.717, 1.165) is 5.69 Å². The van der Waals surface area contributed by atoms with E-state index >= 15 is 0 Å². The van der Waals surface area contributed by atoms with E-state index < -0.39 is 29.1 Å². The molecule has 0 saturated carbocycles. The van der Waals surface area contributed by atoms with Crippen molar-refractivity contribution in [2.45, 2.75) is 38.3 Å². The van der Waals surface area contributed by atoms with Crippen molar-refractivity contribution in [3.8, 4) is 5.75 Å². The summed E-state index contributed by atoms with van der Waals surface area (Å²) in [6, 6.07) is 12.3. The van der Waals surface area contributed by atoms with E-state index in [1.807, 2.05) is 12.1 Å². The molecule has 0 spiro atoms. The molecule has 1 atom stereocenters. The average Bonchev–Trinajstić information content (AvgIpc) is 3.18. The fourth-order valence-electron chi connectivity index (χ4n) is 2.72. The van der Waals surface area contributed by atoms with Crippen molar-refractivity contribution in [2.75, 3.05) is 0 Å². The third-order valence-corrected chi connectivity index (χ3v) is 5.47. The maximum absolute atomic E-state index is 13.5. The Hall–Kier alpha value is -2.98. The summed E-state index contributed by atoms with van der Waals surface area (Å²) in [7, 11) is 0. The van der Waals surface area contributed by atoms with E-state index in [1.165, 1.54) is 12.3 Å². The number of pyridine rings is 1. The highest BCUT2D eigenvalue weighted by Crippen LogP contribution is 2.42. The zero-order chi connectivity index (χ0) is 22.5. The summed E-state index contributed by atoms with van der Waals surface area (Å²) in [6.45, 7) is 1.74. The van der Waals surface area contributed by atoms with Crippen LogP contribution in [-0.2, 0) is 23.5 Å². The summed E-state index contributed by atoms with van der Waals surface area (Å²) < 4.78 is 46.2. The maximum atomic E-state index is 13.5. The molecule has 1 aromatic carbocycles. The van der Waals surface area contributed by atoms with E-state index in [4.69, 9.17) is 4.74 Å². The summed E-state index contributed by atoms with van der Waals surface area (Å²) in [5, 5.41) is 13.5. The number of hydrogen-bond donors (Lipinski definition) is 2. The van der Waals surface area contributed by atoms with Gasteiger partial charge in [0.25, 0.3) is 0 Å². The molecule has 31 heavy (non-hydrogen) atoms. The predicted octanol–water partition coefficient (Wildman–Crippen LogP) is 3.88. The van der Waals surface area contributed by atoms with E-state index in [9.17, 15) is 23.1 Å². The third-order valence-electron chi connectivity index (χ3n) is 4.36. The monoisotopic (exact) mass is 451 g/mol. The molecule has 0 aliphatic carbocycles. The number of nitrogens with one attached hydrogen (secondary N) is 1. The van der Waals surface area contributed by atoms with Gasteiger partial charge in [0.2, 0.25) is 11.5 Å². The van der Waals surface area contributed by atoms with Crippen LogP contribution in [0.2, 0.25) is 0 Å². The van der Waals surface area contributed by atoms with Crippen LogP contribution in [0.3, 0.4) is 0 Å². The maximum Gasteiger partial charge on any atom is 0.424 e. The van der Waals surface area contributed by atoms with Crippen molar-refractivity contribution in [2.24, 2.45) is 0 Å². The highest BCUT2D eigenvalue weighted by Gasteiger charge is 2.58. The number of amides is 1. The molecule has 2 N–H and O–H groups in total. The van der Waals surface area contributed by atoms with Crippen LogP contribution in [0.4, 0.5) is 13.2 Å². The molecule has 3 rings (SSSR count). The van der Waals surface area contributed by atoms with Crippen LogP contribution in [0.25, 0.3) is 0 Å². The van der Waals surface area contributed by atoms with Gasteiger partial charge >= 0.3 is 6.18 Å². The van der Waals surface area contributed by atoms with E-state index in [2.05, 4.69) is 15.3 Å². The lowest BCUT2D eigenvalue weighted by Crippen LogP contribution is -2.46. The first-order chi connectivity index (χ1) is 14.7. The topological polar surface area (TPSA) is 84.3 Å². The molecular weight excluding hydrogens is 431 g/mol. The molecule has 0 saturated heterocycles. The minimum Gasteiger partial charge on any atom is -0.487 e. The molecule has 6 nitrogen and oxygen atoms in total. The van der Waals surface area contributed by atoms with Crippen LogP contribution < -0.4 is 10.1 Å². The number of halogens is 3. The minimum atomic E-state index is -5.05. The second kappa shape index (κ2) is 9.44. The zero-order valence-electron chi connectivity index (χ0n) is 16.5. The van der Waals surface area contributed by atoms with Crippen molar-refractivity contribution in [3.63, 3.8) is 0 Å². The Kier molecular flexibility index (Phi) is 6.91. The van der Waals surface area contributed by atoms with Crippen LogP contribution in [-0.4, -0.2) is 27.2 Å². The number of carbonyl (C=O) groups excluding carboxylic acids is 1. The molecule has 1 unspecified atom stereocenters. The highest BCUT2D eigenvalue weighted by molar-refractivity contribution is 7.09. The number of hydrogen-bond acceptors (Lipinski definition) is 6. The van der Waals surface area contributed by atoms with Crippen molar-refractivity contribution < 1.29 is 27.8 Å². The number of benzene rings is 1. The van der Waals surface area contributed by atoms with Crippen molar-refractivity contribution in [3.05, 3.63) is 76.0 Å². The fourth-order valence-corrected chi connectivity index (χ4v) is 3.64. The lowest BCUT2D eigenvalue weighted by atomic mass is 9.99. The molecule has 2 aromatic heterocycles. The lowest BCUT2D eigenvalue weighted by molar-refractivity contribution is -0.267. The number of aliphatic hydroxyl groups is 1. The minimum absolute atomic E-state index is 0.0234. The molecular formula is C21H20F3N3O3S. The molecule has 0 radical (unpaired) electrons. The van der Waals surface area contributed by atoms with Gasteiger partial charge in [-0.25, -0.2) is 4.98 Å². The van der Waals surface area contributed by atoms with Crippen molar-refractivity contribution >= 4 is 17.2 Å². The predicted molar refractivity (Wildman–Crippen MR) is 108 cm³/mol. The Bertz CT molecular complexity index is 1030. The molecule has 10 heteroatoms. The molecule has 0 aliphatic rings. The quantitative estimate of drug-likeness (QED) is 0.543. The Labute approximate surface area is 180 Å². The van der Waals surface area contributed by atoms with Gasteiger partial charge in [-0.1, -0.05) is 18.2 Å². The Morgan fingerprint density at radius 1 is 1.23 bits per heavy atom. The molecule has 2 heterocycles. The van der Waals surface area contributed by atoms with Gasteiger partial charge in [-0.2, -0.15) is 13.2 Å². The van der Waals surface area contributed by atoms with E-state index in [1.54, 1.807) is 36.5 Å². The van der Waals surface area contributed by atoms with Gasteiger partial charge < -0.3 is 15.2 Å². The molecule has 0 bridgehead atoms. The number of alkyl halides is 3. The van der Waals surface area contributed by atoms with E-state index in [0.29, 0.717) is 28.3 Å². The normalized spacial score (nSPS) is 13.5. The first-order valence-corrected chi connectivity index (χ1v) is 10.2. The second-order valence-electron chi connectivity index (χ2n) is 6.86. The zero-order valence-corrected chi connectivity index (χ0v) is 17.3. The Morgan fingerprint density at radius 3 is 2.68 bits per heavy atom. The first kappa shape index (κ1) is 22.7. The SMILES string of the molecule is Cc1csc(C(O)(CC(=O)NCc2cccc(OCc3ccccn3)c2)C(F)(F)F)n1. The summed E-state index contributed by atoms with van der Waals surface area (Å²) in [5.41, 5.74) is -1.63. The molecule has 0 fully saturated rings. The number of thiazole rings is 1. The average molecular weight is 451 g/mol. The number of aromatic nitrogens is 2. The van der Waals surface area contributed by atoms with Gasteiger partial charge in [0.05, 0.1) is 12.1 Å². The number of nitrogens with zero attached hydrogens (tertiary/aromatic N) is 2. The Morgan fingerprint density at radius 2 is 2.03 bits per heavy atom. The Balaban J connectivity index is 1.61. The fraction of sp³-hybridized carbons (Fsp3) is 0.286. The summed E-state index contributed by atoms with van der Waals surface area (Å²) in [5.74, 6) is -0.421. The smallest absolute Gasteiger partial charge is 0.424 e. The standard InChI is InChI=1S/C21H20F3N3O3S/c1-14-13-31-19(27-14)20(29,21(22,23)24)10-18(28)26-11-15-5-4-7-17(9-15)30-12-16-6-2-3-8-25-16/h2-9,13,29H,10-12H2,1H3,(H,26,28). The number of ether oxygens (including phenoxy) is 1. The van der Waals surface area contributed by atoms with Crippen molar-refractivity contribution in [1.82, 2.24) is 15.3 Å². The van der Waals surface area contributed by atoms with Gasteiger partial charge in [-0.05, 0) is 36.8 Å². The molecule has 0 aliphatic heterocycles.